The van der Waals surface area contributed by atoms with Crippen LogP contribution < -0.4 is 21.1 Å². The molecule has 0 fully saturated rings. The molecule has 0 aliphatic rings. The Kier molecular flexibility index (Phi) is 5.39. The quantitative estimate of drug-likeness (QED) is 0.579. The number of carbonyl (C=O) groups excluding carboxylic acids is 3. The van der Waals surface area contributed by atoms with Crippen molar-refractivity contribution >= 4 is 40.7 Å². The first-order chi connectivity index (χ1) is 11.4. The third-order valence-corrected chi connectivity index (χ3v) is 3.34. The molecule has 124 valence electrons. The number of halogens is 1. The van der Waals surface area contributed by atoms with Crippen LogP contribution in [-0.2, 0) is 9.59 Å². The highest BCUT2D eigenvalue weighted by Gasteiger charge is 2.19. The van der Waals surface area contributed by atoms with Crippen LogP contribution in [0.1, 0.15) is 10.4 Å². The molecule has 2 rings (SSSR count). The molecular formula is C16H14ClN3O4. The monoisotopic (exact) mass is 347 g/mol. The Labute approximate surface area is 142 Å². The summed E-state index contributed by atoms with van der Waals surface area (Å²) in [4.78, 5) is 35.6. The molecule has 0 unspecified atom stereocenters. The average molecular weight is 348 g/mol. The van der Waals surface area contributed by atoms with E-state index in [0.29, 0.717) is 5.75 Å². The molecule has 8 heteroatoms. The van der Waals surface area contributed by atoms with E-state index in [4.69, 9.17) is 22.1 Å². The van der Waals surface area contributed by atoms with E-state index in [1.165, 1.54) is 37.4 Å². The van der Waals surface area contributed by atoms with E-state index in [-0.39, 0.29) is 22.0 Å². The van der Waals surface area contributed by atoms with Crippen LogP contribution in [0.15, 0.2) is 42.5 Å². The summed E-state index contributed by atoms with van der Waals surface area (Å²) in [7, 11) is 1.45. The van der Waals surface area contributed by atoms with Crippen molar-refractivity contribution in [3.63, 3.8) is 0 Å². The number of benzene rings is 2. The summed E-state index contributed by atoms with van der Waals surface area (Å²) in [6.07, 6.45) is 0. The minimum Gasteiger partial charge on any atom is -0.495 e. The lowest BCUT2D eigenvalue weighted by atomic mass is 10.1. The Morgan fingerprint density at radius 3 is 2.42 bits per heavy atom. The first kappa shape index (κ1) is 17.3. The molecule has 0 heterocycles. The predicted molar refractivity (Wildman–Crippen MR) is 90.0 cm³/mol. The van der Waals surface area contributed by atoms with Crippen LogP contribution in [0.25, 0.3) is 0 Å². The fraction of sp³-hybridized carbons (Fsp3) is 0.0625. The number of nitrogen functional groups attached to an aromatic ring is 1. The minimum atomic E-state index is -1.12. The van der Waals surface area contributed by atoms with Gasteiger partial charge in [0, 0.05) is 11.4 Å². The number of anilines is 2. The number of amides is 3. The second kappa shape index (κ2) is 7.47. The second-order valence-electron chi connectivity index (χ2n) is 4.67. The first-order valence-electron chi connectivity index (χ1n) is 6.77. The number of hydrogen-bond donors (Lipinski definition) is 3. The predicted octanol–water partition coefficient (Wildman–Crippen LogP) is 1.83. The molecule has 0 saturated carbocycles. The number of nitrogens with two attached hydrogens (primary N) is 1. The van der Waals surface area contributed by atoms with Crippen molar-refractivity contribution in [2.75, 3.05) is 18.2 Å². The number of hydrogen-bond acceptors (Lipinski definition) is 5. The summed E-state index contributed by atoms with van der Waals surface area (Å²) in [5, 5.41) is 4.56. The Morgan fingerprint density at radius 1 is 1.08 bits per heavy atom. The lowest BCUT2D eigenvalue weighted by Gasteiger charge is -2.08. The molecule has 2 aromatic carbocycles. The van der Waals surface area contributed by atoms with Crippen LogP contribution >= 0.6 is 11.6 Å². The molecular weight excluding hydrogens is 334 g/mol. The third-order valence-electron chi connectivity index (χ3n) is 3.05. The maximum absolute atomic E-state index is 11.9. The summed E-state index contributed by atoms with van der Waals surface area (Å²) in [5.74, 6) is -2.47. The topological polar surface area (TPSA) is 111 Å². The summed E-state index contributed by atoms with van der Waals surface area (Å²) in [5.41, 5.74) is 6.23. The van der Waals surface area contributed by atoms with Crippen LogP contribution in [0.4, 0.5) is 11.4 Å². The van der Waals surface area contributed by atoms with E-state index in [2.05, 4.69) is 5.32 Å². The van der Waals surface area contributed by atoms with Crippen molar-refractivity contribution in [1.29, 1.82) is 0 Å². The SMILES string of the molecule is COc1ccc(NC(=O)C(=O)NC(=O)c2ccccc2N)cc1Cl. The highest BCUT2D eigenvalue weighted by Crippen LogP contribution is 2.27. The molecule has 0 bridgehead atoms. The zero-order valence-corrected chi connectivity index (χ0v) is 13.4. The Hall–Kier alpha value is -3.06. The molecule has 2 aromatic rings. The van der Waals surface area contributed by atoms with Gasteiger partial charge in [-0.2, -0.15) is 0 Å². The zero-order chi connectivity index (χ0) is 17.7. The number of methoxy groups -OCH3 is 1. The average Bonchev–Trinajstić information content (AvgIpc) is 2.55. The molecule has 0 aromatic heterocycles. The number of rotatable bonds is 3. The van der Waals surface area contributed by atoms with Crippen LogP contribution in [0, 0.1) is 0 Å². The van der Waals surface area contributed by atoms with Gasteiger partial charge in [0.05, 0.1) is 17.7 Å². The van der Waals surface area contributed by atoms with Crippen molar-refractivity contribution in [2.24, 2.45) is 0 Å². The number of imide groups is 1. The van der Waals surface area contributed by atoms with Gasteiger partial charge in [-0.25, -0.2) is 0 Å². The summed E-state index contributed by atoms with van der Waals surface area (Å²) in [6, 6.07) is 10.7. The van der Waals surface area contributed by atoms with Gasteiger partial charge in [-0.3, -0.25) is 19.7 Å². The fourth-order valence-corrected chi connectivity index (χ4v) is 2.12. The second-order valence-corrected chi connectivity index (χ2v) is 5.08. The fourth-order valence-electron chi connectivity index (χ4n) is 1.86. The van der Waals surface area contributed by atoms with Crippen LogP contribution in [0.3, 0.4) is 0 Å². The molecule has 0 aliphatic carbocycles. The van der Waals surface area contributed by atoms with Gasteiger partial charge < -0.3 is 15.8 Å². The molecule has 24 heavy (non-hydrogen) atoms. The van der Waals surface area contributed by atoms with Crippen molar-refractivity contribution in [2.45, 2.75) is 0 Å². The summed E-state index contributed by atoms with van der Waals surface area (Å²) >= 11 is 5.93. The molecule has 0 aliphatic heterocycles. The van der Waals surface area contributed by atoms with Gasteiger partial charge in [0.2, 0.25) is 0 Å². The van der Waals surface area contributed by atoms with Crippen LogP contribution in [-0.4, -0.2) is 24.8 Å². The standard InChI is InChI=1S/C16H14ClN3O4/c1-24-13-7-6-9(8-11(13)17)19-15(22)16(23)20-14(21)10-4-2-3-5-12(10)18/h2-8H,18H2,1H3,(H,19,22)(H,20,21,23). The maximum atomic E-state index is 11.9. The van der Waals surface area contributed by atoms with Gasteiger partial charge in [-0.05, 0) is 30.3 Å². The summed E-state index contributed by atoms with van der Waals surface area (Å²) in [6.45, 7) is 0. The zero-order valence-electron chi connectivity index (χ0n) is 12.6. The molecule has 0 radical (unpaired) electrons. The lowest BCUT2D eigenvalue weighted by molar-refractivity contribution is -0.135. The minimum absolute atomic E-state index is 0.103. The normalized spacial score (nSPS) is 9.92. The van der Waals surface area contributed by atoms with Crippen molar-refractivity contribution in [3.05, 3.63) is 53.1 Å². The molecule has 0 atom stereocenters. The largest absolute Gasteiger partial charge is 0.495 e. The first-order valence-corrected chi connectivity index (χ1v) is 7.15. The smallest absolute Gasteiger partial charge is 0.316 e. The Balaban J connectivity index is 2.02. The molecule has 3 amide bonds. The lowest BCUT2D eigenvalue weighted by Crippen LogP contribution is -2.39. The molecule has 0 spiro atoms. The highest BCUT2D eigenvalue weighted by atomic mass is 35.5. The van der Waals surface area contributed by atoms with Gasteiger partial charge in [0.1, 0.15) is 5.75 Å². The van der Waals surface area contributed by atoms with E-state index < -0.39 is 17.7 Å². The van der Waals surface area contributed by atoms with E-state index in [1.54, 1.807) is 12.1 Å². The van der Waals surface area contributed by atoms with E-state index >= 15 is 0 Å². The van der Waals surface area contributed by atoms with Gasteiger partial charge >= 0.3 is 11.8 Å². The van der Waals surface area contributed by atoms with Gasteiger partial charge in [-0.1, -0.05) is 23.7 Å². The molecule has 7 nitrogen and oxygen atoms in total. The van der Waals surface area contributed by atoms with Gasteiger partial charge in [-0.15, -0.1) is 0 Å². The summed E-state index contributed by atoms with van der Waals surface area (Å²) < 4.78 is 4.98. The number of ether oxygens (including phenoxy) is 1. The molecule has 0 saturated heterocycles. The Bertz CT molecular complexity index is 808. The van der Waals surface area contributed by atoms with Crippen molar-refractivity contribution in [3.8, 4) is 5.75 Å². The van der Waals surface area contributed by atoms with E-state index in [0.717, 1.165) is 0 Å². The van der Waals surface area contributed by atoms with Crippen LogP contribution in [0.2, 0.25) is 5.02 Å². The van der Waals surface area contributed by atoms with E-state index in [1.807, 2.05) is 5.32 Å². The van der Waals surface area contributed by atoms with Crippen LogP contribution in [0.5, 0.6) is 5.75 Å². The maximum Gasteiger partial charge on any atom is 0.316 e. The Morgan fingerprint density at radius 2 is 1.79 bits per heavy atom. The van der Waals surface area contributed by atoms with Gasteiger partial charge in [0.25, 0.3) is 5.91 Å². The van der Waals surface area contributed by atoms with E-state index in [9.17, 15) is 14.4 Å². The molecule has 4 N–H and O–H groups in total. The highest BCUT2D eigenvalue weighted by molar-refractivity contribution is 6.42. The number of para-hydroxylation sites is 1. The number of nitrogens with one attached hydrogen (secondary N) is 2. The van der Waals surface area contributed by atoms with Gasteiger partial charge in [0.15, 0.2) is 0 Å². The van der Waals surface area contributed by atoms with Crippen molar-refractivity contribution < 1.29 is 19.1 Å². The van der Waals surface area contributed by atoms with Crippen molar-refractivity contribution in [1.82, 2.24) is 5.32 Å². The number of carbonyl (C=O) groups is 3. The third kappa shape index (κ3) is 4.02.